The lowest BCUT2D eigenvalue weighted by Gasteiger charge is -2.37. The number of hydrogen-bond donors (Lipinski definition) is 2. The highest BCUT2D eigenvalue weighted by Gasteiger charge is 2.44. The molecule has 1 aliphatic heterocycles. The van der Waals surface area contributed by atoms with Gasteiger partial charge in [0.2, 0.25) is 0 Å². The van der Waals surface area contributed by atoms with Crippen LogP contribution in [-0.2, 0) is 4.74 Å². The van der Waals surface area contributed by atoms with Crippen molar-refractivity contribution in [1.82, 2.24) is 5.32 Å². The first kappa shape index (κ1) is 11.0. The molecule has 78 valence electrons. The molecule has 1 unspecified atom stereocenters. The topological polar surface area (TPSA) is 41.5 Å². The molecule has 0 aromatic carbocycles. The summed E-state index contributed by atoms with van der Waals surface area (Å²) in [6.07, 6.45) is 0. The van der Waals surface area contributed by atoms with Crippen molar-refractivity contribution in [3.8, 4) is 0 Å². The van der Waals surface area contributed by atoms with Crippen molar-refractivity contribution in [3.63, 3.8) is 0 Å². The van der Waals surface area contributed by atoms with Gasteiger partial charge in [-0.2, -0.15) is 0 Å². The Bertz CT molecular complexity index is 160. The van der Waals surface area contributed by atoms with Crippen molar-refractivity contribution < 1.29 is 9.84 Å². The van der Waals surface area contributed by atoms with Crippen LogP contribution in [0.4, 0.5) is 0 Å². The van der Waals surface area contributed by atoms with Crippen LogP contribution in [0.1, 0.15) is 27.7 Å². The van der Waals surface area contributed by atoms with Crippen LogP contribution in [0.5, 0.6) is 0 Å². The number of aliphatic hydroxyl groups is 1. The molecule has 0 aliphatic carbocycles. The van der Waals surface area contributed by atoms with Gasteiger partial charge in [0.1, 0.15) is 5.72 Å². The fraction of sp³-hybridized carbons (Fsp3) is 1.00. The van der Waals surface area contributed by atoms with E-state index in [1.807, 2.05) is 0 Å². The second-order valence-electron chi connectivity index (χ2n) is 4.44. The molecule has 0 radical (unpaired) electrons. The minimum Gasteiger partial charge on any atom is -0.395 e. The van der Waals surface area contributed by atoms with Crippen molar-refractivity contribution in [2.75, 3.05) is 13.2 Å². The van der Waals surface area contributed by atoms with E-state index in [0.717, 1.165) is 0 Å². The van der Waals surface area contributed by atoms with E-state index in [1.54, 1.807) is 0 Å². The number of aliphatic hydroxyl groups excluding tert-OH is 1. The lowest BCUT2D eigenvalue weighted by Crippen LogP contribution is -2.53. The van der Waals surface area contributed by atoms with Crippen LogP contribution in [0.15, 0.2) is 0 Å². The van der Waals surface area contributed by atoms with Gasteiger partial charge in [0, 0.05) is 0 Å². The van der Waals surface area contributed by atoms with Crippen molar-refractivity contribution in [2.24, 2.45) is 11.8 Å². The van der Waals surface area contributed by atoms with Crippen LogP contribution in [0.3, 0.4) is 0 Å². The van der Waals surface area contributed by atoms with E-state index in [9.17, 15) is 0 Å². The van der Waals surface area contributed by atoms with Gasteiger partial charge >= 0.3 is 0 Å². The summed E-state index contributed by atoms with van der Waals surface area (Å²) in [5.41, 5.74) is -0.243. The molecule has 1 heterocycles. The molecule has 0 spiro atoms. The third-order valence-corrected chi connectivity index (χ3v) is 2.89. The normalized spacial score (nSPS) is 27.5. The number of ether oxygens (including phenoxy) is 1. The maximum atomic E-state index is 9.02. The molecular weight excluding hydrogens is 166 g/mol. The van der Waals surface area contributed by atoms with E-state index in [-0.39, 0.29) is 18.4 Å². The molecule has 13 heavy (non-hydrogen) atoms. The Morgan fingerprint density at radius 1 is 1.38 bits per heavy atom. The zero-order chi connectivity index (χ0) is 10.1. The SMILES string of the molecule is CC(C)C1(C(C)C)NC(CO)CO1. The molecular formula is C10H21NO2. The van der Waals surface area contributed by atoms with Crippen molar-refractivity contribution in [1.29, 1.82) is 0 Å². The predicted molar refractivity (Wildman–Crippen MR) is 52.4 cm³/mol. The number of rotatable bonds is 3. The van der Waals surface area contributed by atoms with E-state index in [2.05, 4.69) is 33.0 Å². The van der Waals surface area contributed by atoms with Crippen LogP contribution >= 0.6 is 0 Å². The van der Waals surface area contributed by atoms with Gasteiger partial charge in [-0.15, -0.1) is 0 Å². The quantitative estimate of drug-likeness (QED) is 0.692. The standard InChI is InChI=1S/C10H21NO2/c1-7(2)10(8(3)4)11-9(5-12)6-13-10/h7-9,11-12H,5-6H2,1-4H3. The maximum Gasteiger partial charge on any atom is 0.124 e. The molecule has 1 atom stereocenters. The molecule has 1 rings (SSSR count). The number of hydrogen-bond acceptors (Lipinski definition) is 3. The van der Waals surface area contributed by atoms with Gasteiger partial charge in [-0.05, 0) is 11.8 Å². The van der Waals surface area contributed by atoms with Gasteiger partial charge in [-0.1, -0.05) is 27.7 Å². The van der Waals surface area contributed by atoms with Gasteiger partial charge in [0.25, 0.3) is 0 Å². The Kier molecular flexibility index (Phi) is 3.33. The average molecular weight is 187 g/mol. The highest BCUT2D eigenvalue weighted by Crippen LogP contribution is 2.31. The monoisotopic (exact) mass is 187 g/mol. The highest BCUT2D eigenvalue weighted by atomic mass is 16.5. The summed E-state index contributed by atoms with van der Waals surface area (Å²) in [6, 6.07) is 0.102. The summed E-state index contributed by atoms with van der Waals surface area (Å²) < 4.78 is 5.80. The molecule has 1 saturated heterocycles. The third kappa shape index (κ3) is 1.87. The van der Waals surface area contributed by atoms with E-state index in [0.29, 0.717) is 18.4 Å². The minimum atomic E-state index is -0.243. The van der Waals surface area contributed by atoms with Gasteiger partial charge in [-0.25, -0.2) is 0 Å². The fourth-order valence-corrected chi connectivity index (χ4v) is 2.07. The van der Waals surface area contributed by atoms with Gasteiger partial charge in [-0.3, -0.25) is 5.32 Å². The molecule has 1 aliphatic rings. The maximum absolute atomic E-state index is 9.02. The molecule has 3 heteroatoms. The van der Waals surface area contributed by atoms with Crippen LogP contribution in [-0.4, -0.2) is 30.1 Å². The number of nitrogens with one attached hydrogen (secondary N) is 1. The van der Waals surface area contributed by atoms with E-state index in [1.165, 1.54) is 0 Å². The van der Waals surface area contributed by atoms with Gasteiger partial charge < -0.3 is 9.84 Å². The van der Waals surface area contributed by atoms with Crippen LogP contribution in [0, 0.1) is 11.8 Å². The molecule has 0 amide bonds. The summed E-state index contributed by atoms with van der Waals surface area (Å²) in [5.74, 6) is 0.841. The Labute approximate surface area is 80.5 Å². The summed E-state index contributed by atoms with van der Waals surface area (Å²) in [6.45, 7) is 9.35. The molecule has 1 fully saturated rings. The van der Waals surface area contributed by atoms with Crippen LogP contribution < -0.4 is 5.32 Å². The Morgan fingerprint density at radius 3 is 2.15 bits per heavy atom. The van der Waals surface area contributed by atoms with Crippen molar-refractivity contribution in [3.05, 3.63) is 0 Å². The summed E-state index contributed by atoms with van der Waals surface area (Å²) >= 11 is 0. The first-order chi connectivity index (χ1) is 6.03. The first-order valence-corrected chi connectivity index (χ1v) is 5.05. The summed E-state index contributed by atoms with van der Waals surface area (Å²) in [7, 11) is 0. The predicted octanol–water partition coefficient (Wildman–Crippen LogP) is 0.975. The minimum absolute atomic E-state index is 0.102. The zero-order valence-corrected chi connectivity index (χ0v) is 9.00. The summed E-state index contributed by atoms with van der Waals surface area (Å²) in [5, 5.41) is 12.4. The molecule has 0 aromatic heterocycles. The third-order valence-electron chi connectivity index (χ3n) is 2.89. The molecule has 0 saturated carbocycles. The average Bonchev–Trinajstić information content (AvgIpc) is 2.48. The molecule has 2 N–H and O–H groups in total. The van der Waals surface area contributed by atoms with Gasteiger partial charge in [0.15, 0.2) is 0 Å². The smallest absolute Gasteiger partial charge is 0.124 e. The summed E-state index contributed by atoms with van der Waals surface area (Å²) in [4.78, 5) is 0. The fourth-order valence-electron chi connectivity index (χ4n) is 2.07. The molecule has 0 aromatic rings. The van der Waals surface area contributed by atoms with E-state index >= 15 is 0 Å². The lowest BCUT2D eigenvalue weighted by atomic mass is 9.88. The highest BCUT2D eigenvalue weighted by molar-refractivity contribution is 4.93. The first-order valence-electron chi connectivity index (χ1n) is 5.05. The molecule has 3 nitrogen and oxygen atoms in total. The Hall–Kier alpha value is -0.120. The lowest BCUT2D eigenvalue weighted by molar-refractivity contribution is -0.0828. The van der Waals surface area contributed by atoms with E-state index < -0.39 is 0 Å². The van der Waals surface area contributed by atoms with Crippen LogP contribution in [0.25, 0.3) is 0 Å². The second-order valence-corrected chi connectivity index (χ2v) is 4.44. The van der Waals surface area contributed by atoms with Crippen molar-refractivity contribution in [2.45, 2.75) is 39.5 Å². The van der Waals surface area contributed by atoms with Crippen molar-refractivity contribution >= 4 is 0 Å². The Balaban J connectivity index is 2.72. The molecule has 0 bridgehead atoms. The van der Waals surface area contributed by atoms with Crippen LogP contribution in [0.2, 0.25) is 0 Å². The largest absolute Gasteiger partial charge is 0.395 e. The Morgan fingerprint density at radius 2 is 1.92 bits per heavy atom. The van der Waals surface area contributed by atoms with Gasteiger partial charge in [0.05, 0.1) is 19.3 Å². The van der Waals surface area contributed by atoms with E-state index in [4.69, 9.17) is 9.84 Å². The zero-order valence-electron chi connectivity index (χ0n) is 9.00. The second kappa shape index (κ2) is 3.95.